The van der Waals surface area contributed by atoms with Crippen LogP contribution in [0, 0.1) is 0 Å². The van der Waals surface area contributed by atoms with E-state index in [1.807, 2.05) is 0 Å². The van der Waals surface area contributed by atoms with Gasteiger partial charge in [-0.25, -0.2) is 0 Å². The molecule has 3 aliphatic rings. The van der Waals surface area contributed by atoms with E-state index < -0.39 is 0 Å². The number of rotatable bonds is 0. The second kappa shape index (κ2) is 5.45. The summed E-state index contributed by atoms with van der Waals surface area (Å²) in [5, 5.41) is 0. The third-order valence-electron chi connectivity index (χ3n) is 5.22. The van der Waals surface area contributed by atoms with Crippen molar-refractivity contribution in [1.82, 2.24) is 4.90 Å². The van der Waals surface area contributed by atoms with Gasteiger partial charge in [0, 0.05) is 18.7 Å². The standard InChI is InChI=1S/C18H24N2O/c1-4-8-18(9-5-1)14-15-6-2-3-7-16(15)17(19-18)20-10-12-21-13-11-20/h2-3,6-7H,1,4-5,8-14H2. The lowest BCUT2D eigenvalue weighted by Crippen LogP contribution is -2.46. The molecule has 0 N–H and O–H groups in total. The lowest BCUT2D eigenvalue weighted by Gasteiger charge is -2.41. The van der Waals surface area contributed by atoms with Crippen LogP contribution in [-0.2, 0) is 11.2 Å². The minimum absolute atomic E-state index is 0.181. The third kappa shape index (κ3) is 2.48. The number of hydrogen-bond donors (Lipinski definition) is 0. The number of benzene rings is 1. The molecule has 0 amide bonds. The van der Waals surface area contributed by atoms with E-state index in [0.717, 1.165) is 32.7 Å². The van der Waals surface area contributed by atoms with E-state index in [9.17, 15) is 0 Å². The van der Waals surface area contributed by atoms with Gasteiger partial charge in [-0.05, 0) is 24.8 Å². The van der Waals surface area contributed by atoms with Gasteiger partial charge in [0.05, 0.1) is 18.8 Å². The van der Waals surface area contributed by atoms with Gasteiger partial charge in [0.2, 0.25) is 0 Å². The van der Waals surface area contributed by atoms with Gasteiger partial charge in [0.1, 0.15) is 5.84 Å². The monoisotopic (exact) mass is 284 g/mol. The summed E-state index contributed by atoms with van der Waals surface area (Å²) in [5.41, 5.74) is 3.03. The number of nitrogens with zero attached hydrogens (tertiary/aromatic N) is 2. The summed E-state index contributed by atoms with van der Waals surface area (Å²) in [6, 6.07) is 8.88. The Morgan fingerprint density at radius 2 is 1.76 bits per heavy atom. The van der Waals surface area contributed by atoms with Crippen molar-refractivity contribution >= 4 is 5.84 Å². The van der Waals surface area contributed by atoms with Gasteiger partial charge >= 0.3 is 0 Å². The summed E-state index contributed by atoms with van der Waals surface area (Å²) in [6.07, 6.45) is 7.71. The SMILES string of the molecule is c1ccc2c(c1)CC1(CCCCC1)N=C2N1CCOCC1. The van der Waals surface area contributed by atoms with Crippen LogP contribution >= 0.6 is 0 Å². The highest BCUT2D eigenvalue weighted by molar-refractivity contribution is 6.01. The normalized spacial score (nSPS) is 24.6. The Kier molecular flexibility index (Phi) is 3.46. The van der Waals surface area contributed by atoms with Crippen LogP contribution in [0.4, 0.5) is 0 Å². The Labute approximate surface area is 127 Å². The first-order chi connectivity index (χ1) is 10.4. The van der Waals surface area contributed by atoms with Crippen LogP contribution in [0.3, 0.4) is 0 Å². The number of hydrogen-bond acceptors (Lipinski definition) is 3. The quantitative estimate of drug-likeness (QED) is 0.731. The fourth-order valence-electron chi connectivity index (χ4n) is 4.09. The summed E-state index contributed by atoms with van der Waals surface area (Å²) >= 11 is 0. The molecule has 0 bridgehead atoms. The second-order valence-corrected chi connectivity index (χ2v) is 6.65. The summed E-state index contributed by atoms with van der Waals surface area (Å²) in [5.74, 6) is 1.24. The average Bonchev–Trinajstić information content (AvgIpc) is 2.56. The third-order valence-corrected chi connectivity index (χ3v) is 5.22. The van der Waals surface area contributed by atoms with Crippen molar-refractivity contribution in [3.63, 3.8) is 0 Å². The Morgan fingerprint density at radius 3 is 2.57 bits per heavy atom. The summed E-state index contributed by atoms with van der Waals surface area (Å²) in [6.45, 7) is 3.61. The van der Waals surface area contributed by atoms with Crippen molar-refractivity contribution in [1.29, 1.82) is 0 Å². The molecule has 0 atom stereocenters. The smallest absolute Gasteiger partial charge is 0.131 e. The van der Waals surface area contributed by atoms with Crippen molar-refractivity contribution in [3.05, 3.63) is 35.4 Å². The van der Waals surface area contributed by atoms with Gasteiger partial charge in [-0.2, -0.15) is 0 Å². The molecular weight excluding hydrogens is 260 g/mol. The molecule has 1 spiro atoms. The predicted molar refractivity (Wildman–Crippen MR) is 84.9 cm³/mol. The second-order valence-electron chi connectivity index (χ2n) is 6.65. The minimum atomic E-state index is 0.181. The maximum Gasteiger partial charge on any atom is 0.131 e. The summed E-state index contributed by atoms with van der Waals surface area (Å²) < 4.78 is 5.52. The first-order valence-corrected chi connectivity index (χ1v) is 8.37. The molecule has 3 heteroatoms. The van der Waals surface area contributed by atoms with Crippen LogP contribution in [0.1, 0.15) is 43.2 Å². The molecular formula is C18H24N2O. The van der Waals surface area contributed by atoms with Crippen molar-refractivity contribution in [2.24, 2.45) is 4.99 Å². The first-order valence-electron chi connectivity index (χ1n) is 8.37. The molecule has 2 aliphatic heterocycles. The number of aliphatic imine (C=N–C) groups is 1. The highest BCUT2D eigenvalue weighted by atomic mass is 16.5. The first kappa shape index (κ1) is 13.3. The highest BCUT2D eigenvalue weighted by Gasteiger charge is 2.37. The Hall–Kier alpha value is -1.35. The van der Waals surface area contributed by atoms with E-state index in [4.69, 9.17) is 9.73 Å². The predicted octanol–water partition coefficient (Wildman–Crippen LogP) is 3.02. The van der Waals surface area contributed by atoms with Gasteiger partial charge in [0.25, 0.3) is 0 Å². The summed E-state index contributed by atoms with van der Waals surface area (Å²) in [4.78, 5) is 7.77. The van der Waals surface area contributed by atoms with Crippen LogP contribution in [0.5, 0.6) is 0 Å². The fourth-order valence-corrected chi connectivity index (χ4v) is 4.09. The topological polar surface area (TPSA) is 24.8 Å². The van der Waals surface area contributed by atoms with Crippen LogP contribution in [-0.4, -0.2) is 42.6 Å². The van der Waals surface area contributed by atoms with E-state index in [2.05, 4.69) is 29.2 Å². The van der Waals surface area contributed by atoms with Gasteiger partial charge in [-0.3, -0.25) is 4.99 Å². The molecule has 4 rings (SSSR count). The molecule has 1 aromatic rings. The molecule has 21 heavy (non-hydrogen) atoms. The molecule has 2 heterocycles. The Balaban J connectivity index is 1.74. The van der Waals surface area contributed by atoms with E-state index in [0.29, 0.717) is 0 Å². The molecule has 1 aliphatic carbocycles. The molecule has 0 radical (unpaired) electrons. The van der Waals surface area contributed by atoms with Crippen molar-refractivity contribution < 1.29 is 4.74 Å². The maximum absolute atomic E-state index is 5.52. The largest absolute Gasteiger partial charge is 0.378 e. The molecule has 3 nitrogen and oxygen atoms in total. The molecule has 0 unspecified atom stereocenters. The van der Waals surface area contributed by atoms with E-state index >= 15 is 0 Å². The van der Waals surface area contributed by atoms with Gasteiger partial charge < -0.3 is 9.64 Å². The van der Waals surface area contributed by atoms with Crippen LogP contribution < -0.4 is 0 Å². The average molecular weight is 284 g/mol. The van der Waals surface area contributed by atoms with Crippen LogP contribution in [0.2, 0.25) is 0 Å². The number of amidine groups is 1. The molecule has 2 fully saturated rings. The molecule has 1 saturated heterocycles. The minimum Gasteiger partial charge on any atom is -0.378 e. The summed E-state index contributed by atoms with van der Waals surface area (Å²) in [7, 11) is 0. The van der Waals surface area contributed by atoms with Gasteiger partial charge in [-0.1, -0.05) is 43.5 Å². The zero-order chi connectivity index (χ0) is 14.1. The molecule has 1 saturated carbocycles. The van der Waals surface area contributed by atoms with Crippen molar-refractivity contribution in [2.75, 3.05) is 26.3 Å². The van der Waals surface area contributed by atoms with E-state index in [1.165, 1.54) is 49.1 Å². The van der Waals surface area contributed by atoms with Crippen molar-refractivity contribution in [3.8, 4) is 0 Å². The molecule has 0 aromatic heterocycles. The van der Waals surface area contributed by atoms with E-state index in [1.54, 1.807) is 0 Å². The fraction of sp³-hybridized carbons (Fsp3) is 0.611. The van der Waals surface area contributed by atoms with Gasteiger partial charge in [-0.15, -0.1) is 0 Å². The lowest BCUT2D eigenvalue weighted by atomic mass is 9.75. The maximum atomic E-state index is 5.52. The van der Waals surface area contributed by atoms with Crippen LogP contribution in [0.15, 0.2) is 29.3 Å². The number of ether oxygens (including phenoxy) is 1. The number of fused-ring (bicyclic) bond motifs is 1. The number of morpholine rings is 1. The lowest BCUT2D eigenvalue weighted by molar-refractivity contribution is 0.0674. The van der Waals surface area contributed by atoms with Gasteiger partial charge in [0.15, 0.2) is 0 Å². The van der Waals surface area contributed by atoms with Crippen LogP contribution in [0.25, 0.3) is 0 Å². The highest BCUT2D eigenvalue weighted by Crippen LogP contribution is 2.39. The Bertz CT molecular complexity index is 540. The zero-order valence-corrected chi connectivity index (χ0v) is 12.7. The van der Waals surface area contributed by atoms with E-state index in [-0.39, 0.29) is 5.54 Å². The zero-order valence-electron chi connectivity index (χ0n) is 12.7. The molecule has 112 valence electrons. The Morgan fingerprint density at radius 1 is 1.00 bits per heavy atom. The van der Waals surface area contributed by atoms with Crippen molar-refractivity contribution in [2.45, 2.75) is 44.1 Å². The molecule has 1 aromatic carbocycles.